The highest BCUT2D eigenvalue weighted by Crippen LogP contribution is 2.33. The fraction of sp³-hybridized carbons (Fsp3) is 0.417. The molecule has 2 N–H and O–H groups in total. The Morgan fingerprint density at radius 2 is 2.14 bits per heavy atom. The van der Waals surface area contributed by atoms with Crippen molar-refractivity contribution in [3.63, 3.8) is 0 Å². The summed E-state index contributed by atoms with van der Waals surface area (Å²) in [5.74, 6) is 0.547. The van der Waals surface area contributed by atoms with Crippen LogP contribution in [0.25, 0.3) is 0 Å². The van der Waals surface area contributed by atoms with Gasteiger partial charge in [0.25, 0.3) is 0 Å². The van der Waals surface area contributed by atoms with E-state index in [1.165, 1.54) is 12.1 Å². The Morgan fingerprint density at radius 1 is 1.38 bits per heavy atom. The highest BCUT2D eigenvalue weighted by Gasteiger charge is 2.15. The first-order valence-corrected chi connectivity index (χ1v) is 6.77. The van der Waals surface area contributed by atoms with Gasteiger partial charge in [-0.3, -0.25) is 4.99 Å². The van der Waals surface area contributed by atoms with E-state index in [0.29, 0.717) is 16.5 Å². The maximum atomic E-state index is 12.4. The Morgan fingerprint density at radius 3 is 2.76 bits per heavy atom. The zero-order chi connectivity index (χ0) is 14.5. The topological polar surface area (TPSA) is 45.6 Å². The summed E-state index contributed by atoms with van der Waals surface area (Å²) >= 11 is 11.8. The van der Waals surface area contributed by atoms with Gasteiger partial charge in [0.1, 0.15) is 5.75 Å². The molecule has 4 nitrogen and oxygen atoms in total. The van der Waals surface area contributed by atoms with E-state index in [2.05, 4.69) is 20.4 Å². The van der Waals surface area contributed by atoms with Crippen molar-refractivity contribution in [2.24, 2.45) is 4.99 Å². The minimum atomic E-state index is -2.95. The number of nitrogens with one attached hydrogen (secondary N) is 2. The monoisotopic (exact) mass is 451 g/mol. The summed E-state index contributed by atoms with van der Waals surface area (Å²) < 4.78 is 29.3. The normalized spacial score (nSPS) is 14.0. The van der Waals surface area contributed by atoms with E-state index in [0.717, 1.165) is 19.5 Å². The van der Waals surface area contributed by atoms with Crippen molar-refractivity contribution in [1.82, 2.24) is 10.6 Å². The van der Waals surface area contributed by atoms with Crippen LogP contribution in [0.15, 0.2) is 17.1 Å². The molecule has 0 bridgehead atoms. The molecule has 21 heavy (non-hydrogen) atoms. The van der Waals surface area contributed by atoms with Crippen molar-refractivity contribution >= 4 is 53.1 Å². The van der Waals surface area contributed by atoms with Gasteiger partial charge in [0, 0.05) is 30.2 Å². The largest absolute Gasteiger partial charge is 0.433 e. The molecular weight excluding hydrogens is 438 g/mol. The fourth-order valence-corrected chi connectivity index (χ4v) is 2.38. The Bertz CT molecular complexity index is 518. The summed E-state index contributed by atoms with van der Waals surface area (Å²) in [4.78, 5) is 4.22. The number of guanidine groups is 1. The Balaban J connectivity index is 0.00000220. The lowest BCUT2D eigenvalue weighted by Crippen LogP contribution is -2.40. The number of aliphatic imine (C=N–C) groups is 1. The molecule has 1 heterocycles. The molecule has 2 rings (SSSR count). The van der Waals surface area contributed by atoms with Crippen LogP contribution in [-0.4, -0.2) is 25.7 Å². The minimum Gasteiger partial charge on any atom is -0.433 e. The summed E-state index contributed by atoms with van der Waals surface area (Å²) in [5.41, 5.74) is 0.442. The van der Waals surface area contributed by atoms with Crippen LogP contribution in [0.4, 0.5) is 8.78 Å². The molecular formula is C12H14Cl2F2IN3O. The first kappa shape index (κ1) is 18.5. The van der Waals surface area contributed by atoms with Gasteiger partial charge in [0.05, 0.1) is 5.02 Å². The Hall–Kier alpha value is -0.540. The van der Waals surface area contributed by atoms with Crippen LogP contribution < -0.4 is 15.4 Å². The number of benzene rings is 1. The van der Waals surface area contributed by atoms with E-state index in [1.807, 2.05) is 0 Å². The SMILES string of the molecule is FC(F)Oc1c(Cl)cc(Cl)cc1CNC1=NCCCN1.I. The van der Waals surface area contributed by atoms with Gasteiger partial charge in [-0.05, 0) is 18.6 Å². The second kappa shape index (κ2) is 8.79. The number of hydrogen-bond donors (Lipinski definition) is 2. The molecule has 9 heteroatoms. The predicted molar refractivity (Wildman–Crippen MR) is 90.3 cm³/mol. The molecule has 0 fully saturated rings. The van der Waals surface area contributed by atoms with Crippen molar-refractivity contribution in [1.29, 1.82) is 0 Å². The van der Waals surface area contributed by atoms with Gasteiger partial charge >= 0.3 is 6.61 Å². The molecule has 0 radical (unpaired) electrons. The number of halogens is 5. The smallest absolute Gasteiger partial charge is 0.387 e. The molecule has 1 aliphatic heterocycles. The van der Waals surface area contributed by atoms with Crippen LogP contribution in [0.5, 0.6) is 5.75 Å². The standard InChI is InChI=1S/C12H13Cl2F2N3O.HI/c13-8-4-7(6-19-12-17-2-1-3-18-12)10(9(14)5-8)20-11(15)16;/h4-5,11H,1-3,6H2,(H2,17,18,19);1H. The Labute approximate surface area is 148 Å². The van der Waals surface area contributed by atoms with Crippen LogP contribution >= 0.6 is 47.2 Å². The molecule has 0 amide bonds. The molecule has 0 saturated heterocycles. The van der Waals surface area contributed by atoms with E-state index in [1.54, 1.807) is 0 Å². The number of hydrogen-bond acceptors (Lipinski definition) is 4. The highest BCUT2D eigenvalue weighted by molar-refractivity contribution is 14.0. The second-order valence-corrected chi connectivity index (χ2v) is 4.96. The third kappa shape index (κ3) is 5.63. The van der Waals surface area contributed by atoms with Crippen LogP contribution in [0.3, 0.4) is 0 Å². The van der Waals surface area contributed by atoms with Gasteiger partial charge in [0.15, 0.2) is 5.96 Å². The molecule has 0 saturated carbocycles. The van der Waals surface area contributed by atoms with E-state index in [9.17, 15) is 8.78 Å². The quantitative estimate of drug-likeness (QED) is 0.687. The summed E-state index contributed by atoms with van der Waals surface area (Å²) in [5, 5.41) is 6.47. The van der Waals surface area contributed by atoms with Gasteiger partial charge in [-0.1, -0.05) is 23.2 Å². The summed E-state index contributed by atoms with van der Waals surface area (Å²) in [6, 6.07) is 2.89. The van der Waals surface area contributed by atoms with E-state index >= 15 is 0 Å². The Kier molecular flexibility index (Phi) is 7.75. The molecule has 1 aromatic rings. The van der Waals surface area contributed by atoms with Crippen molar-refractivity contribution < 1.29 is 13.5 Å². The molecule has 0 unspecified atom stereocenters. The average molecular weight is 452 g/mol. The summed E-state index contributed by atoms with van der Waals surface area (Å²) in [6.07, 6.45) is 0.966. The number of ether oxygens (including phenoxy) is 1. The first-order chi connectivity index (χ1) is 9.56. The van der Waals surface area contributed by atoms with Crippen molar-refractivity contribution in [3.8, 4) is 5.75 Å². The lowest BCUT2D eigenvalue weighted by molar-refractivity contribution is -0.0504. The molecule has 1 aromatic carbocycles. The average Bonchev–Trinajstić information content (AvgIpc) is 2.40. The lowest BCUT2D eigenvalue weighted by atomic mass is 10.2. The molecule has 1 aliphatic rings. The van der Waals surface area contributed by atoms with Gasteiger partial charge in [0.2, 0.25) is 0 Å². The van der Waals surface area contributed by atoms with Gasteiger partial charge in [-0.25, -0.2) is 0 Å². The zero-order valence-electron chi connectivity index (χ0n) is 10.8. The number of alkyl halides is 2. The highest BCUT2D eigenvalue weighted by atomic mass is 127. The van der Waals surface area contributed by atoms with Gasteiger partial charge < -0.3 is 15.4 Å². The van der Waals surface area contributed by atoms with E-state index < -0.39 is 6.61 Å². The van der Waals surface area contributed by atoms with Gasteiger partial charge in [-0.2, -0.15) is 8.78 Å². The maximum Gasteiger partial charge on any atom is 0.387 e. The van der Waals surface area contributed by atoms with E-state index in [-0.39, 0.29) is 41.3 Å². The van der Waals surface area contributed by atoms with Crippen LogP contribution in [0, 0.1) is 0 Å². The zero-order valence-corrected chi connectivity index (χ0v) is 14.7. The number of rotatable bonds is 4. The van der Waals surface area contributed by atoms with Crippen molar-refractivity contribution in [3.05, 3.63) is 27.7 Å². The van der Waals surface area contributed by atoms with Crippen molar-refractivity contribution in [2.45, 2.75) is 19.6 Å². The molecule has 0 aliphatic carbocycles. The minimum absolute atomic E-state index is 0. The number of nitrogens with zero attached hydrogens (tertiary/aromatic N) is 1. The molecule has 0 aromatic heterocycles. The molecule has 0 atom stereocenters. The lowest BCUT2D eigenvalue weighted by Gasteiger charge is -2.18. The third-order valence-corrected chi connectivity index (χ3v) is 3.13. The summed E-state index contributed by atoms with van der Waals surface area (Å²) in [6.45, 7) is -1.17. The first-order valence-electron chi connectivity index (χ1n) is 6.01. The van der Waals surface area contributed by atoms with Crippen LogP contribution in [0.1, 0.15) is 12.0 Å². The second-order valence-electron chi connectivity index (χ2n) is 4.12. The summed E-state index contributed by atoms with van der Waals surface area (Å²) in [7, 11) is 0. The van der Waals surface area contributed by atoms with Crippen molar-refractivity contribution in [2.75, 3.05) is 13.1 Å². The maximum absolute atomic E-state index is 12.4. The van der Waals surface area contributed by atoms with E-state index in [4.69, 9.17) is 23.2 Å². The molecule has 118 valence electrons. The van der Waals surface area contributed by atoms with Crippen LogP contribution in [0.2, 0.25) is 10.0 Å². The fourth-order valence-electron chi connectivity index (χ4n) is 1.80. The predicted octanol–water partition coefficient (Wildman–Crippen LogP) is 3.65. The van der Waals surface area contributed by atoms with Crippen LogP contribution in [-0.2, 0) is 6.54 Å². The third-order valence-electron chi connectivity index (χ3n) is 2.64. The van der Waals surface area contributed by atoms with Gasteiger partial charge in [-0.15, -0.1) is 24.0 Å². The molecule has 0 spiro atoms.